The van der Waals surface area contributed by atoms with E-state index in [0.29, 0.717) is 31.7 Å². The van der Waals surface area contributed by atoms with E-state index in [1.54, 1.807) is 12.0 Å². The van der Waals surface area contributed by atoms with Crippen LogP contribution in [0.5, 0.6) is 0 Å². The fraction of sp³-hybridized carbons (Fsp3) is 0.474. The highest BCUT2D eigenvalue weighted by Crippen LogP contribution is 2.25. The number of methoxy groups -OCH3 is 1. The van der Waals surface area contributed by atoms with Crippen LogP contribution in [-0.2, 0) is 16.0 Å². The van der Waals surface area contributed by atoms with E-state index in [0.717, 1.165) is 17.0 Å². The molecule has 1 N–H and O–H groups in total. The highest BCUT2D eigenvalue weighted by molar-refractivity contribution is 5.77. The van der Waals surface area contributed by atoms with Gasteiger partial charge in [-0.2, -0.15) is 0 Å². The maximum absolute atomic E-state index is 12.5. The molecule has 1 aliphatic rings. The van der Waals surface area contributed by atoms with Crippen LogP contribution < -0.4 is 0 Å². The molecule has 1 aromatic heterocycles. The molecule has 0 saturated carbocycles. The second kappa shape index (κ2) is 7.80. The Labute approximate surface area is 147 Å². The Balaban J connectivity index is 1.63. The van der Waals surface area contributed by atoms with Crippen molar-refractivity contribution >= 4 is 5.91 Å². The maximum Gasteiger partial charge on any atom is 0.223 e. The molecule has 0 unspecified atom stereocenters. The number of ether oxygens (including phenoxy) is 1. The number of oxazole rings is 1. The van der Waals surface area contributed by atoms with Crippen molar-refractivity contribution in [2.45, 2.75) is 38.3 Å². The number of aromatic nitrogens is 1. The van der Waals surface area contributed by atoms with Crippen LogP contribution in [0.15, 0.2) is 34.7 Å². The number of hydrogen-bond acceptors (Lipinski definition) is 5. The summed E-state index contributed by atoms with van der Waals surface area (Å²) in [5.74, 6) is 1.31. The van der Waals surface area contributed by atoms with E-state index in [1.807, 2.05) is 37.3 Å². The highest BCUT2D eigenvalue weighted by atomic mass is 16.5. The summed E-state index contributed by atoms with van der Waals surface area (Å²) in [4.78, 5) is 18.7. The molecule has 6 nitrogen and oxygen atoms in total. The van der Waals surface area contributed by atoms with Gasteiger partial charge in [-0.3, -0.25) is 4.79 Å². The molecule has 1 fully saturated rings. The van der Waals surface area contributed by atoms with Gasteiger partial charge >= 0.3 is 0 Å². The third kappa shape index (κ3) is 3.91. The number of aryl methyl sites for hydroxylation is 2. The number of hydrogen-bond donors (Lipinski definition) is 1. The topological polar surface area (TPSA) is 75.8 Å². The van der Waals surface area contributed by atoms with Gasteiger partial charge in [-0.25, -0.2) is 4.98 Å². The third-order valence-electron chi connectivity index (χ3n) is 4.67. The summed E-state index contributed by atoms with van der Waals surface area (Å²) < 4.78 is 11.2. The average Bonchev–Trinajstić information content (AvgIpc) is 3.23. The van der Waals surface area contributed by atoms with Gasteiger partial charge in [0, 0.05) is 32.1 Å². The number of carbonyl (C=O) groups excluding carboxylic acids is 1. The van der Waals surface area contributed by atoms with Gasteiger partial charge in [-0.1, -0.05) is 30.3 Å². The number of amides is 1. The van der Waals surface area contributed by atoms with Crippen LogP contribution >= 0.6 is 0 Å². The van der Waals surface area contributed by atoms with Gasteiger partial charge in [0.2, 0.25) is 5.91 Å². The Morgan fingerprint density at radius 3 is 2.84 bits per heavy atom. The van der Waals surface area contributed by atoms with Crippen molar-refractivity contribution in [3.05, 3.63) is 41.9 Å². The number of aliphatic hydroxyl groups is 1. The fourth-order valence-electron chi connectivity index (χ4n) is 3.30. The summed E-state index contributed by atoms with van der Waals surface area (Å²) in [6.07, 6.45) is 1.42. The number of nitrogens with zero attached hydrogens (tertiary/aromatic N) is 2. The van der Waals surface area contributed by atoms with Crippen LogP contribution in [0.25, 0.3) is 11.3 Å². The lowest BCUT2D eigenvalue weighted by molar-refractivity contribution is -0.133. The number of aliphatic hydroxyl groups excluding tert-OH is 1. The van der Waals surface area contributed by atoms with Crippen LogP contribution in [-0.4, -0.2) is 53.3 Å². The van der Waals surface area contributed by atoms with Crippen molar-refractivity contribution in [2.75, 3.05) is 20.3 Å². The van der Waals surface area contributed by atoms with Crippen molar-refractivity contribution in [2.24, 2.45) is 0 Å². The molecule has 1 aromatic carbocycles. The van der Waals surface area contributed by atoms with E-state index in [1.165, 1.54) is 0 Å². The molecule has 6 heteroatoms. The second-order valence-corrected chi connectivity index (χ2v) is 6.36. The van der Waals surface area contributed by atoms with E-state index in [2.05, 4.69) is 4.98 Å². The second-order valence-electron chi connectivity index (χ2n) is 6.36. The number of likely N-dealkylation sites (tertiary alicyclic amines) is 1. The van der Waals surface area contributed by atoms with Crippen LogP contribution in [0.2, 0.25) is 0 Å². The van der Waals surface area contributed by atoms with Gasteiger partial charge in [0.05, 0.1) is 24.4 Å². The molecule has 2 aromatic rings. The largest absolute Gasteiger partial charge is 0.440 e. The molecule has 0 bridgehead atoms. The van der Waals surface area contributed by atoms with Crippen molar-refractivity contribution in [3.8, 4) is 11.3 Å². The summed E-state index contributed by atoms with van der Waals surface area (Å²) in [5.41, 5.74) is 1.80. The zero-order valence-corrected chi connectivity index (χ0v) is 14.6. The van der Waals surface area contributed by atoms with E-state index in [9.17, 15) is 9.90 Å². The smallest absolute Gasteiger partial charge is 0.223 e. The Bertz CT molecular complexity index is 713. The summed E-state index contributed by atoms with van der Waals surface area (Å²) in [6.45, 7) is 2.39. The first-order valence-electron chi connectivity index (χ1n) is 8.57. The zero-order chi connectivity index (χ0) is 17.8. The van der Waals surface area contributed by atoms with Crippen LogP contribution in [0.4, 0.5) is 0 Å². The average molecular weight is 344 g/mol. The van der Waals surface area contributed by atoms with Crippen molar-refractivity contribution in [1.82, 2.24) is 9.88 Å². The molecule has 2 heterocycles. The Kier molecular flexibility index (Phi) is 5.50. The zero-order valence-electron chi connectivity index (χ0n) is 14.6. The predicted molar refractivity (Wildman–Crippen MR) is 93.0 cm³/mol. The Hall–Kier alpha value is -2.18. The molecule has 3 rings (SSSR count). The summed E-state index contributed by atoms with van der Waals surface area (Å²) in [5, 5.41) is 9.47. The molecule has 1 aliphatic heterocycles. The van der Waals surface area contributed by atoms with E-state index in [-0.39, 0.29) is 24.7 Å². The van der Waals surface area contributed by atoms with E-state index in [4.69, 9.17) is 9.15 Å². The first-order chi connectivity index (χ1) is 12.1. The van der Waals surface area contributed by atoms with Crippen LogP contribution in [0.1, 0.15) is 24.4 Å². The third-order valence-corrected chi connectivity index (χ3v) is 4.67. The molecule has 0 radical (unpaired) electrons. The quantitative estimate of drug-likeness (QED) is 0.869. The summed E-state index contributed by atoms with van der Waals surface area (Å²) >= 11 is 0. The molecule has 134 valence electrons. The molecule has 1 saturated heterocycles. The minimum atomic E-state index is -0.163. The normalized spacial score (nSPS) is 20.2. The Morgan fingerprint density at radius 1 is 1.40 bits per heavy atom. The lowest BCUT2D eigenvalue weighted by Crippen LogP contribution is -2.38. The molecule has 0 spiro atoms. The van der Waals surface area contributed by atoms with Gasteiger partial charge in [0.25, 0.3) is 0 Å². The van der Waals surface area contributed by atoms with Gasteiger partial charge < -0.3 is 19.2 Å². The number of rotatable bonds is 6. The minimum absolute atomic E-state index is 0.00397. The first kappa shape index (κ1) is 17.6. The molecule has 0 aliphatic carbocycles. The minimum Gasteiger partial charge on any atom is -0.440 e. The SMILES string of the molecule is CO[C@H]1C[C@@H](CO)N(C(=O)CCc2nc(C)c(-c3ccccc3)o2)C1. The summed E-state index contributed by atoms with van der Waals surface area (Å²) in [6, 6.07) is 9.65. The number of benzene rings is 1. The lowest BCUT2D eigenvalue weighted by Gasteiger charge is -2.22. The van der Waals surface area contributed by atoms with Gasteiger partial charge in [-0.05, 0) is 13.3 Å². The predicted octanol–water partition coefficient (Wildman–Crippen LogP) is 2.19. The number of carbonyl (C=O) groups is 1. The maximum atomic E-state index is 12.5. The molecule has 25 heavy (non-hydrogen) atoms. The van der Waals surface area contributed by atoms with E-state index < -0.39 is 0 Å². The molecule has 1 amide bonds. The Morgan fingerprint density at radius 2 is 2.16 bits per heavy atom. The van der Waals surface area contributed by atoms with Crippen LogP contribution in [0.3, 0.4) is 0 Å². The van der Waals surface area contributed by atoms with Crippen LogP contribution in [0, 0.1) is 6.92 Å². The van der Waals surface area contributed by atoms with Crippen molar-refractivity contribution in [3.63, 3.8) is 0 Å². The van der Waals surface area contributed by atoms with Crippen molar-refractivity contribution < 1.29 is 19.1 Å². The van der Waals surface area contributed by atoms with E-state index >= 15 is 0 Å². The molecular weight excluding hydrogens is 320 g/mol. The fourth-order valence-corrected chi connectivity index (χ4v) is 3.30. The van der Waals surface area contributed by atoms with Gasteiger partial charge in [0.15, 0.2) is 11.7 Å². The molecular formula is C19H24N2O4. The highest BCUT2D eigenvalue weighted by Gasteiger charge is 2.34. The summed E-state index contributed by atoms with van der Waals surface area (Å²) in [7, 11) is 1.63. The van der Waals surface area contributed by atoms with Gasteiger partial charge in [0.1, 0.15) is 0 Å². The monoisotopic (exact) mass is 344 g/mol. The lowest BCUT2D eigenvalue weighted by atomic mass is 10.1. The van der Waals surface area contributed by atoms with Gasteiger partial charge in [-0.15, -0.1) is 0 Å². The molecule has 2 atom stereocenters. The standard InChI is InChI=1S/C19H24N2O4/c1-13-19(14-6-4-3-5-7-14)25-17(20-13)8-9-18(23)21-11-16(24-2)10-15(21)12-22/h3-7,15-16,22H,8-12H2,1-2H3/t15-,16-/m0/s1. The first-order valence-corrected chi connectivity index (χ1v) is 8.57. The van der Waals surface area contributed by atoms with Crippen molar-refractivity contribution in [1.29, 1.82) is 0 Å².